The van der Waals surface area contributed by atoms with Crippen LogP contribution in [0.5, 0.6) is 5.75 Å². The molecule has 3 aromatic rings. The SMILES string of the molecule is CC(NC(=O)c1cc(F)cc2[nH]c(=S)[nH]c12)c1ccc(OC(F)(F)F)cc1. The van der Waals surface area contributed by atoms with Gasteiger partial charge in [0.05, 0.1) is 22.6 Å². The predicted octanol–water partition coefficient (Wildman–Crippen LogP) is 4.75. The second kappa shape index (κ2) is 7.03. The maximum atomic E-state index is 13.8. The molecule has 0 aliphatic carbocycles. The number of hydrogen-bond donors (Lipinski definition) is 3. The van der Waals surface area contributed by atoms with E-state index in [-0.39, 0.29) is 16.1 Å². The lowest BCUT2D eigenvalue weighted by Crippen LogP contribution is -2.27. The van der Waals surface area contributed by atoms with Crippen LogP contribution in [-0.4, -0.2) is 22.2 Å². The Balaban J connectivity index is 1.79. The molecule has 2 aromatic carbocycles. The van der Waals surface area contributed by atoms with E-state index >= 15 is 0 Å². The summed E-state index contributed by atoms with van der Waals surface area (Å²) in [6.45, 7) is 1.65. The molecule has 1 aromatic heterocycles. The summed E-state index contributed by atoms with van der Waals surface area (Å²) >= 11 is 4.96. The van der Waals surface area contributed by atoms with Crippen molar-refractivity contribution in [1.29, 1.82) is 0 Å². The van der Waals surface area contributed by atoms with E-state index in [9.17, 15) is 22.4 Å². The van der Waals surface area contributed by atoms with Crippen LogP contribution < -0.4 is 10.1 Å². The molecule has 3 N–H and O–H groups in total. The van der Waals surface area contributed by atoms with Gasteiger partial charge in [-0.2, -0.15) is 0 Å². The van der Waals surface area contributed by atoms with E-state index in [0.717, 1.165) is 18.2 Å². The van der Waals surface area contributed by atoms with Gasteiger partial charge in [0.15, 0.2) is 4.77 Å². The van der Waals surface area contributed by atoms with E-state index in [1.54, 1.807) is 6.92 Å². The van der Waals surface area contributed by atoms with Crippen molar-refractivity contribution in [2.75, 3.05) is 0 Å². The van der Waals surface area contributed by atoms with Crippen molar-refractivity contribution in [2.24, 2.45) is 0 Å². The maximum absolute atomic E-state index is 13.8. The lowest BCUT2D eigenvalue weighted by Gasteiger charge is -2.16. The molecular weight excluding hydrogens is 386 g/mol. The van der Waals surface area contributed by atoms with Crippen molar-refractivity contribution in [1.82, 2.24) is 15.3 Å². The monoisotopic (exact) mass is 399 g/mol. The Labute approximate surface area is 155 Å². The molecule has 10 heteroatoms. The van der Waals surface area contributed by atoms with Crippen LogP contribution >= 0.6 is 12.2 Å². The molecule has 142 valence electrons. The number of aromatic amines is 2. The average molecular weight is 399 g/mol. The molecule has 0 bridgehead atoms. The molecule has 0 saturated heterocycles. The predicted molar refractivity (Wildman–Crippen MR) is 92.4 cm³/mol. The zero-order valence-electron chi connectivity index (χ0n) is 13.8. The molecule has 0 saturated carbocycles. The van der Waals surface area contributed by atoms with Crippen LogP contribution in [0, 0.1) is 10.6 Å². The molecule has 1 atom stereocenters. The lowest BCUT2D eigenvalue weighted by atomic mass is 10.1. The van der Waals surface area contributed by atoms with Gasteiger partial charge in [0.25, 0.3) is 5.91 Å². The Morgan fingerprint density at radius 2 is 1.85 bits per heavy atom. The number of benzene rings is 2. The van der Waals surface area contributed by atoms with E-state index in [0.29, 0.717) is 16.6 Å². The highest BCUT2D eigenvalue weighted by Gasteiger charge is 2.31. The summed E-state index contributed by atoms with van der Waals surface area (Å²) in [4.78, 5) is 18.1. The van der Waals surface area contributed by atoms with Crippen molar-refractivity contribution in [3.63, 3.8) is 0 Å². The third kappa shape index (κ3) is 4.45. The fourth-order valence-corrected chi connectivity index (χ4v) is 2.81. The summed E-state index contributed by atoms with van der Waals surface area (Å²) in [6, 6.07) is 6.83. The number of rotatable bonds is 4. The number of alkyl halides is 3. The first-order valence-corrected chi connectivity index (χ1v) is 8.11. The summed E-state index contributed by atoms with van der Waals surface area (Å²) < 4.78 is 54.4. The fourth-order valence-electron chi connectivity index (χ4n) is 2.60. The van der Waals surface area contributed by atoms with Crippen LogP contribution in [0.2, 0.25) is 0 Å². The van der Waals surface area contributed by atoms with Gasteiger partial charge in [-0.25, -0.2) is 4.39 Å². The lowest BCUT2D eigenvalue weighted by molar-refractivity contribution is -0.274. The molecule has 27 heavy (non-hydrogen) atoms. The van der Waals surface area contributed by atoms with Crippen molar-refractivity contribution < 1.29 is 27.1 Å². The first-order chi connectivity index (χ1) is 12.6. The molecule has 0 aliphatic rings. The van der Waals surface area contributed by atoms with Crippen molar-refractivity contribution in [3.8, 4) is 5.75 Å². The third-order valence-corrected chi connectivity index (χ3v) is 4.00. The van der Waals surface area contributed by atoms with Gasteiger partial charge < -0.3 is 20.0 Å². The van der Waals surface area contributed by atoms with Gasteiger partial charge in [-0.15, -0.1) is 13.2 Å². The number of carbonyl (C=O) groups is 1. The van der Waals surface area contributed by atoms with Gasteiger partial charge in [-0.3, -0.25) is 4.79 Å². The Morgan fingerprint density at radius 1 is 1.19 bits per heavy atom. The first-order valence-electron chi connectivity index (χ1n) is 7.70. The number of carbonyl (C=O) groups excluding carboxylic acids is 1. The van der Waals surface area contributed by atoms with Crippen molar-refractivity contribution >= 4 is 29.2 Å². The van der Waals surface area contributed by atoms with Crippen molar-refractivity contribution in [2.45, 2.75) is 19.3 Å². The van der Waals surface area contributed by atoms with E-state index in [1.165, 1.54) is 18.2 Å². The highest BCUT2D eigenvalue weighted by atomic mass is 32.1. The standard InChI is InChI=1S/C17H13F4N3O2S/c1-8(9-2-4-11(5-3-9)26-17(19,20)21)22-15(25)12-6-10(18)7-13-14(12)24-16(27)23-13/h2-8H,1H3,(H,22,25)(H2,23,24,27). The van der Waals surface area contributed by atoms with Gasteiger partial charge in [-0.1, -0.05) is 12.1 Å². The van der Waals surface area contributed by atoms with E-state index in [4.69, 9.17) is 12.2 Å². The minimum atomic E-state index is -4.78. The summed E-state index contributed by atoms with van der Waals surface area (Å²) in [5.41, 5.74) is 1.32. The van der Waals surface area contributed by atoms with Crippen molar-refractivity contribution in [3.05, 3.63) is 58.1 Å². The van der Waals surface area contributed by atoms with Gasteiger partial charge >= 0.3 is 6.36 Å². The van der Waals surface area contributed by atoms with Gasteiger partial charge in [0.1, 0.15) is 11.6 Å². The van der Waals surface area contributed by atoms with Crippen LogP contribution in [0.15, 0.2) is 36.4 Å². The highest BCUT2D eigenvalue weighted by Crippen LogP contribution is 2.25. The smallest absolute Gasteiger partial charge is 0.406 e. The van der Waals surface area contributed by atoms with Gasteiger partial charge in [-0.05, 0) is 49.0 Å². The zero-order chi connectivity index (χ0) is 19.8. The van der Waals surface area contributed by atoms with Gasteiger partial charge in [0.2, 0.25) is 0 Å². The van der Waals surface area contributed by atoms with E-state index < -0.39 is 24.1 Å². The molecule has 5 nitrogen and oxygen atoms in total. The van der Waals surface area contributed by atoms with Gasteiger partial charge in [0, 0.05) is 0 Å². The molecule has 3 rings (SSSR count). The molecule has 0 aliphatic heterocycles. The normalized spacial score (nSPS) is 12.8. The first kappa shape index (κ1) is 18.9. The second-order valence-electron chi connectivity index (χ2n) is 5.77. The number of amides is 1. The summed E-state index contributed by atoms with van der Waals surface area (Å²) in [5.74, 6) is -1.54. The zero-order valence-corrected chi connectivity index (χ0v) is 14.6. The molecule has 1 unspecified atom stereocenters. The Morgan fingerprint density at radius 3 is 2.48 bits per heavy atom. The number of imidazole rings is 1. The second-order valence-corrected chi connectivity index (χ2v) is 6.18. The number of H-pyrrole nitrogens is 2. The third-order valence-electron chi connectivity index (χ3n) is 3.80. The summed E-state index contributed by atoms with van der Waals surface area (Å²) in [7, 11) is 0. The molecule has 1 heterocycles. The fraction of sp³-hybridized carbons (Fsp3) is 0.176. The minimum Gasteiger partial charge on any atom is -0.406 e. The number of halogens is 4. The number of hydrogen-bond acceptors (Lipinski definition) is 3. The Bertz CT molecular complexity index is 1040. The molecule has 0 radical (unpaired) electrons. The minimum absolute atomic E-state index is 0.0567. The molecule has 1 amide bonds. The van der Waals surface area contributed by atoms with E-state index in [2.05, 4.69) is 20.0 Å². The Hall–Kier alpha value is -2.88. The number of nitrogens with one attached hydrogen (secondary N) is 3. The highest BCUT2D eigenvalue weighted by molar-refractivity contribution is 7.71. The number of ether oxygens (including phenoxy) is 1. The van der Waals surface area contributed by atoms with Crippen LogP contribution in [-0.2, 0) is 0 Å². The van der Waals surface area contributed by atoms with E-state index in [1.807, 2.05) is 0 Å². The number of aromatic nitrogens is 2. The quantitative estimate of drug-likeness (QED) is 0.438. The Kier molecular flexibility index (Phi) is 4.92. The summed E-state index contributed by atoms with van der Waals surface area (Å²) in [6.07, 6.45) is -4.78. The molecule has 0 fully saturated rings. The largest absolute Gasteiger partial charge is 0.573 e. The summed E-state index contributed by atoms with van der Waals surface area (Å²) in [5, 5.41) is 2.67. The topological polar surface area (TPSA) is 69.9 Å². The van der Waals surface area contributed by atoms with Crippen LogP contribution in [0.1, 0.15) is 28.9 Å². The van der Waals surface area contributed by atoms with Crippen LogP contribution in [0.3, 0.4) is 0 Å². The van der Waals surface area contributed by atoms with Crippen LogP contribution in [0.25, 0.3) is 11.0 Å². The maximum Gasteiger partial charge on any atom is 0.573 e. The van der Waals surface area contributed by atoms with Crippen LogP contribution in [0.4, 0.5) is 17.6 Å². The molecular formula is C17H13F4N3O2S. The number of fused-ring (bicyclic) bond motifs is 1. The average Bonchev–Trinajstić information content (AvgIpc) is 2.92. The molecule has 0 spiro atoms.